The first-order valence-corrected chi connectivity index (χ1v) is 8.88. The van der Waals surface area contributed by atoms with Gasteiger partial charge in [0.05, 0.1) is 11.3 Å². The van der Waals surface area contributed by atoms with Crippen molar-refractivity contribution in [2.45, 2.75) is 6.54 Å². The summed E-state index contributed by atoms with van der Waals surface area (Å²) in [7, 11) is 2.17. The molecule has 3 aromatic rings. The predicted molar refractivity (Wildman–Crippen MR) is 102 cm³/mol. The van der Waals surface area contributed by atoms with E-state index in [4.69, 9.17) is 5.73 Å². The second-order valence-electron chi connectivity index (χ2n) is 6.93. The lowest BCUT2D eigenvalue weighted by molar-refractivity contribution is 0.100. The molecular weight excluding hydrogens is 326 g/mol. The molecular formula is C20H23N5O. The number of likely N-dealkylation sites (N-methyl/N-ethyl adjacent to an activating group) is 1. The van der Waals surface area contributed by atoms with Gasteiger partial charge >= 0.3 is 0 Å². The maximum atomic E-state index is 11.6. The van der Waals surface area contributed by atoms with E-state index in [9.17, 15) is 4.79 Å². The zero-order valence-corrected chi connectivity index (χ0v) is 14.9. The minimum absolute atomic E-state index is 0.454. The Morgan fingerprint density at radius 2 is 1.88 bits per heavy atom. The molecule has 2 N–H and O–H groups in total. The van der Waals surface area contributed by atoms with Gasteiger partial charge in [-0.15, -0.1) is 0 Å². The molecule has 2 heterocycles. The summed E-state index contributed by atoms with van der Waals surface area (Å²) < 4.78 is 1.82. The van der Waals surface area contributed by atoms with Crippen molar-refractivity contribution in [3.8, 4) is 5.69 Å². The van der Waals surface area contributed by atoms with Crippen LogP contribution in [0.2, 0.25) is 0 Å². The highest BCUT2D eigenvalue weighted by Crippen LogP contribution is 2.20. The average Bonchev–Trinajstić information content (AvgIpc) is 3.08. The van der Waals surface area contributed by atoms with E-state index >= 15 is 0 Å². The van der Waals surface area contributed by atoms with Crippen LogP contribution in [-0.4, -0.2) is 58.7 Å². The van der Waals surface area contributed by atoms with Crippen molar-refractivity contribution < 1.29 is 4.79 Å². The number of hydrogen-bond donors (Lipinski definition) is 1. The summed E-state index contributed by atoms with van der Waals surface area (Å²) in [4.78, 5) is 16.5. The lowest BCUT2D eigenvalue weighted by Gasteiger charge is -2.32. The van der Waals surface area contributed by atoms with Crippen molar-refractivity contribution in [1.82, 2.24) is 19.6 Å². The van der Waals surface area contributed by atoms with Crippen LogP contribution >= 0.6 is 0 Å². The molecule has 1 amide bonds. The van der Waals surface area contributed by atoms with Gasteiger partial charge in [-0.1, -0.05) is 24.3 Å². The number of nitrogens with zero attached hydrogens (tertiary/aromatic N) is 4. The summed E-state index contributed by atoms with van der Waals surface area (Å²) in [6, 6.07) is 13.9. The van der Waals surface area contributed by atoms with Crippen LogP contribution in [0.25, 0.3) is 16.6 Å². The third-order valence-electron chi connectivity index (χ3n) is 4.98. The molecule has 6 heteroatoms. The SMILES string of the molecule is CN1CCN(Cc2cccc(-n3cc4cccc(C(N)=O)c4n3)c2)CC1. The molecule has 1 fully saturated rings. The number of rotatable bonds is 4. The standard InChI is InChI=1S/C20H23N5O/c1-23-8-10-24(11-9-23)13-15-4-2-6-17(12-15)25-14-16-5-3-7-18(20(21)26)19(16)22-25/h2-7,12,14H,8-11,13H2,1H3,(H2,21,26). The molecule has 1 aliphatic rings. The number of aromatic nitrogens is 2. The third-order valence-corrected chi connectivity index (χ3v) is 4.98. The largest absolute Gasteiger partial charge is 0.366 e. The summed E-state index contributed by atoms with van der Waals surface area (Å²) in [5.74, 6) is -0.454. The number of hydrogen-bond acceptors (Lipinski definition) is 4. The lowest BCUT2D eigenvalue weighted by atomic mass is 10.1. The van der Waals surface area contributed by atoms with Gasteiger partial charge in [0.2, 0.25) is 0 Å². The van der Waals surface area contributed by atoms with Crippen LogP contribution in [-0.2, 0) is 6.54 Å². The zero-order chi connectivity index (χ0) is 18.1. The predicted octanol–water partition coefficient (Wildman–Crippen LogP) is 1.87. The highest BCUT2D eigenvalue weighted by Gasteiger charge is 2.15. The van der Waals surface area contributed by atoms with Crippen LogP contribution in [0.1, 0.15) is 15.9 Å². The van der Waals surface area contributed by atoms with Gasteiger partial charge in [0.25, 0.3) is 5.91 Å². The maximum absolute atomic E-state index is 11.6. The molecule has 0 saturated carbocycles. The Balaban J connectivity index is 1.61. The van der Waals surface area contributed by atoms with Crippen LogP contribution in [0.3, 0.4) is 0 Å². The molecule has 6 nitrogen and oxygen atoms in total. The number of carbonyl (C=O) groups is 1. The van der Waals surface area contributed by atoms with E-state index in [1.165, 1.54) is 5.56 Å². The molecule has 26 heavy (non-hydrogen) atoms. The minimum Gasteiger partial charge on any atom is -0.366 e. The first-order chi connectivity index (χ1) is 12.6. The Labute approximate surface area is 152 Å². The lowest BCUT2D eigenvalue weighted by Crippen LogP contribution is -2.43. The van der Waals surface area contributed by atoms with Crippen molar-refractivity contribution in [3.63, 3.8) is 0 Å². The summed E-state index contributed by atoms with van der Waals surface area (Å²) in [6.07, 6.45) is 1.94. The number of fused-ring (bicyclic) bond motifs is 1. The van der Waals surface area contributed by atoms with E-state index in [0.29, 0.717) is 11.1 Å². The van der Waals surface area contributed by atoms with Gasteiger partial charge in [-0.25, -0.2) is 4.68 Å². The summed E-state index contributed by atoms with van der Waals surface area (Å²) in [6.45, 7) is 5.35. The molecule has 1 saturated heterocycles. The van der Waals surface area contributed by atoms with Gasteiger partial charge in [-0.2, -0.15) is 5.10 Å². The van der Waals surface area contributed by atoms with Crippen molar-refractivity contribution in [3.05, 3.63) is 59.8 Å². The molecule has 134 valence electrons. The zero-order valence-electron chi connectivity index (χ0n) is 14.9. The van der Waals surface area contributed by atoms with Crippen LogP contribution < -0.4 is 5.73 Å². The molecule has 4 rings (SSSR count). The number of benzene rings is 2. The second-order valence-corrected chi connectivity index (χ2v) is 6.93. The Morgan fingerprint density at radius 3 is 2.65 bits per heavy atom. The molecule has 0 unspecified atom stereocenters. The fourth-order valence-corrected chi connectivity index (χ4v) is 3.44. The normalized spacial score (nSPS) is 16.2. The first kappa shape index (κ1) is 16.8. The third kappa shape index (κ3) is 3.34. The van der Waals surface area contributed by atoms with E-state index in [-0.39, 0.29) is 0 Å². The van der Waals surface area contributed by atoms with Crippen LogP contribution in [0.4, 0.5) is 0 Å². The number of primary amides is 1. The topological polar surface area (TPSA) is 67.4 Å². The molecule has 0 bridgehead atoms. The molecule has 0 radical (unpaired) electrons. The summed E-state index contributed by atoms with van der Waals surface area (Å²) in [5, 5.41) is 5.51. The van der Waals surface area contributed by atoms with Crippen LogP contribution in [0.5, 0.6) is 0 Å². The maximum Gasteiger partial charge on any atom is 0.250 e. The average molecular weight is 349 g/mol. The van der Waals surface area contributed by atoms with E-state index in [1.54, 1.807) is 6.07 Å². The van der Waals surface area contributed by atoms with Crippen molar-refractivity contribution in [2.75, 3.05) is 33.2 Å². The Kier molecular flexibility index (Phi) is 4.44. The van der Waals surface area contributed by atoms with Gasteiger partial charge in [0, 0.05) is 44.3 Å². The van der Waals surface area contributed by atoms with Gasteiger partial charge in [0.1, 0.15) is 5.52 Å². The van der Waals surface area contributed by atoms with Crippen molar-refractivity contribution in [2.24, 2.45) is 5.73 Å². The quantitative estimate of drug-likeness (QED) is 0.781. The van der Waals surface area contributed by atoms with Crippen LogP contribution in [0.15, 0.2) is 48.7 Å². The molecule has 1 aliphatic heterocycles. The van der Waals surface area contributed by atoms with Gasteiger partial charge in [0.15, 0.2) is 0 Å². The highest BCUT2D eigenvalue weighted by molar-refractivity contribution is 6.04. The van der Waals surface area contributed by atoms with Crippen molar-refractivity contribution in [1.29, 1.82) is 0 Å². The van der Waals surface area contributed by atoms with Gasteiger partial charge in [-0.05, 0) is 30.8 Å². The first-order valence-electron chi connectivity index (χ1n) is 8.88. The Hall–Kier alpha value is -2.70. The summed E-state index contributed by atoms with van der Waals surface area (Å²) >= 11 is 0. The fourth-order valence-electron chi connectivity index (χ4n) is 3.44. The van der Waals surface area contributed by atoms with E-state index in [1.807, 2.05) is 29.1 Å². The molecule has 1 aromatic heterocycles. The van der Waals surface area contributed by atoms with Gasteiger partial charge in [-0.3, -0.25) is 9.69 Å². The number of piperazine rings is 1. The Morgan fingerprint density at radius 1 is 1.12 bits per heavy atom. The van der Waals surface area contributed by atoms with E-state index in [2.05, 4.69) is 40.1 Å². The second kappa shape index (κ2) is 6.90. The van der Waals surface area contributed by atoms with E-state index in [0.717, 1.165) is 43.8 Å². The molecule has 2 aromatic carbocycles. The number of nitrogens with two attached hydrogens (primary N) is 1. The fraction of sp³-hybridized carbons (Fsp3) is 0.300. The molecule has 0 spiro atoms. The van der Waals surface area contributed by atoms with Crippen LogP contribution in [0, 0.1) is 0 Å². The number of carbonyl (C=O) groups excluding carboxylic acids is 1. The molecule has 0 aliphatic carbocycles. The highest BCUT2D eigenvalue weighted by atomic mass is 16.1. The minimum atomic E-state index is -0.454. The monoisotopic (exact) mass is 349 g/mol. The van der Waals surface area contributed by atoms with Gasteiger partial charge < -0.3 is 10.6 Å². The molecule has 0 atom stereocenters. The summed E-state index contributed by atoms with van der Waals surface area (Å²) in [5.41, 5.74) is 8.82. The number of amides is 1. The smallest absolute Gasteiger partial charge is 0.250 e. The van der Waals surface area contributed by atoms with E-state index < -0.39 is 5.91 Å². The van der Waals surface area contributed by atoms with Crippen molar-refractivity contribution >= 4 is 16.8 Å². The Bertz CT molecular complexity index is 940.